The van der Waals surface area contributed by atoms with Crippen LogP contribution in [0.1, 0.15) is 23.7 Å². The van der Waals surface area contributed by atoms with Gasteiger partial charge < -0.3 is 15.5 Å². The molecule has 1 aromatic rings. The van der Waals surface area contributed by atoms with Crippen molar-refractivity contribution in [2.45, 2.75) is 19.4 Å². The van der Waals surface area contributed by atoms with Crippen LogP contribution in [0.5, 0.6) is 11.5 Å². The molecule has 0 fully saturated rings. The SMILES string of the molecule is C#CCC(C)NC(=O)c1ccc(O)cc1O. The van der Waals surface area contributed by atoms with Crippen molar-refractivity contribution >= 4 is 5.91 Å². The number of phenolic OH excluding ortho intramolecular Hbond substituents is 2. The number of carbonyl (C=O) groups excluding carboxylic acids is 1. The number of benzene rings is 1. The second kappa shape index (κ2) is 5.08. The van der Waals surface area contributed by atoms with Gasteiger partial charge in [0.15, 0.2) is 0 Å². The first-order chi connectivity index (χ1) is 7.54. The van der Waals surface area contributed by atoms with Gasteiger partial charge in [-0.05, 0) is 19.1 Å². The molecule has 3 N–H and O–H groups in total. The predicted octanol–water partition coefficient (Wildman–Crippen LogP) is 1.24. The van der Waals surface area contributed by atoms with Crippen LogP contribution < -0.4 is 5.32 Å². The van der Waals surface area contributed by atoms with Gasteiger partial charge in [0, 0.05) is 18.5 Å². The molecule has 4 nitrogen and oxygen atoms in total. The van der Waals surface area contributed by atoms with Crippen LogP contribution in [0.25, 0.3) is 0 Å². The number of phenols is 2. The van der Waals surface area contributed by atoms with Gasteiger partial charge in [-0.15, -0.1) is 12.3 Å². The number of terminal acetylenes is 1. The minimum absolute atomic E-state index is 0.0919. The summed E-state index contributed by atoms with van der Waals surface area (Å²) in [5.74, 6) is 1.66. The topological polar surface area (TPSA) is 69.6 Å². The maximum absolute atomic E-state index is 11.6. The molecule has 0 bridgehead atoms. The highest BCUT2D eigenvalue weighted by atomic mass is 16.3. The number of rotatable bonds is 3. The Morgan fingerprint density at radius 2 is 2.25 bits per heavy atom. The molecule has 84 valence electrons. The van der Waals surface area contributed by atoms with E-state index in [4.69, 9.17) is 11.5 Å². The molecule has 1 amide bonds. The zero-order valence-electron chi connectivity index (χ0n) is 8.90. The summed E-state index contributed by atoms with van der Waals surface area (Å²) in [6, 6.07) is 3.63. The number of hydrogen-bond donors (Lipinski definition) is 3. The van der Waals surface area contributed by atoms with E-state index < -0.39 is 5.91 Å². The van der Waals surface area contributed by atoms with Crippen molar-refractivity contribution in [3.63, 3.8) is 0 Å². The van der Waals surface area contributed by atoms with E-state index in [-0.39, 0.29) is 23.1 Å². The summed E-state index contributed by atoms with van der Waals surface area (Å²) in [5.41, 5.74) is 0.113. The molecule has 1 unspecified atom stereocenters. The Kier molecular flexibility index (Phi) is 3.78. The van der Waals surface area contributed by atoms with E-state index >= 15 is 0 Å². The minimum atomic E-state index is -0.416. The molecule has 0 saturated heterocycles. The highest BCUT2D eigenvalue weighted by Gasteiger charge is 2.13. The van der Waals surface area contributed by atoms with E-state index in [0.29, 0.717) is 6.42 Å². The fourth-order valence-electron chi connectivity index (χ4n) is 1.24. The second-order valence-corrected chi connectivity index (χ2v) is 3.48. The summed E-state index contributed by atoms with van der Waals surface area (Å²) in [7, 11) is 0. The van der Waals surface area contributed by atoms with Gasteiger partial charge in [0.05, 0.1) is 5.56 Å². The van der Waals surface area contributed by atoms with E-state index in [9.17, 15) is 9.90 Å². The summed E-state index contributed by atoms with van der Waals surface area (Å²) in [4.78, 5) is 11.6. The van der Waals surface area contributed by atoms with Crippen molar-refractivity contribution < 1.29 is 15.0 Å². The van der Waals surface area contributed by atoms with Crippen molar-refractivity contribution in [1.82, 2.24) is 5.32 Å². The van der Waals surface area contributed by atoms with Crippen LogP contribution >= 0.6 is 0 Å². The first-order valence-corrected chi connectivity index (χ1v) is 4.81. The number of hydrogen-bond acceptors (Lipinski definition) is 3. The van der Waals surface area contributed by atoms with E-state index in [2.05, 4.69) is 11.2 Å². The minimum Gasteiger partial charge on any atom is -0.508 e. The van der Waals surface area contributed by atoms with Gasteiger partial charge in [0.25, 0.3) is 5.91 Å². The maximum Gasteiger partial charge on any atom is 0.255 e. The van der Waals surface area contributed by atoms with Gasteiger partial charge >= 0.3 is 0 Å². The van der Waals surface area contributed by atoms with Gasteiger partial charge in [-0.1, -0.05) is 0 Å². The third kappa shape index (κ3) is 2.92. The standard InChI is InChI=1S/C12H13NO3/c1-3-4-8(2)13-12(16)10-6-5-9(14)7-11(10)15/h1,5-8,14-15H,4H2,2H3,(H,13,16). The summed E-state index contributed by atoms with van der Waals surface area (Å²) in [6.45, 7) is 1.77. The Hall–Kier alpha value is -2.15. The average Bonchev–Trinajstić information content (AvgIpc) is 2.17. The Bertz CT molecular complexity index is 434. The lowest BCUT2D eigenvalue weighted by molar-refractivity contribution is 0.0938. The first kappa shape index (κ1) is 11.9. The number of amides is 1. The average molecular weight is 219 g/mol. The lowest BCUT2D eigenvalue weighted by Crippen LogP contribution is -2.32. The van der Waals surface area contributed by atoms with Crippen molar-refractivity contribution in [3.8, 4) is 23.8 Å². The predicted molar refractivity (Wildman–Crippen MR) is 60.1 cm³/mol. The molecule has 1 atom stereocenters. The van der Waals surface area contributed by atoms with Crippen LogP contribution in [-0.2, 0) is 0 Å². The fourth-order valence-corrected chi connectivity index (χ4v) is 1.24. The van der Waals surface area contributed by atoms with Crippen LogP contribution in [0.4, 0.5) is 0 Å². The largest absolute Gasteiger partial charge is 0.508 e. The maximum atomic E-state index is 11.6. The number of carbonyl (C=O) groups is 1. The molecule has 1 rings (SSSR count). The third-order valence-corrected chi connectivity index (χ3v) is 2.03. The van der Waals surface area contributed by atoms with E-state index in [1.165, 1.54) is 12.1 Å². The van der Waals surface area contributed by atoms with Gasteiger partial charge in [-0.3, -0.25) is 4.79 Å². The van der Waals surface area contributed by atoms with Crippen molar-refractivity contribution in [2.24, 2.45) is 0 Å². The molecular weight excluding hydrogens is 206 g/mol. The monoisotopic (exact) mass is 219 g/mol. The van der Waals surface area contributed by atoms with E-state index in [1.54, 1.807) is 6.92 Å². The molecule has 0 spiro atoms. The summed E-state index contributed by atoms with van der Waals surface area (Å²) in [6.07, 6.45) is 5.53. The van der Waals surface area contributed by atoms with Crippen LogP contribution in [-0.4, -0.2) is 22.2 Å². The molecule has 4 heteroatoms. The lowest BCUT2D eigenvalue weighted by atomic mass is 10.1. The highest BCUT2D eigenvalue weighted by Crippen LogP contribution is 2.22. The van der Waals surface area contributed by atoms with Gasteiger partial charge in [0.1, 0.15) is 11.5 Å². The molecular formula is C12H13NO3. The van der Waals surface area contributed by atoms with Gasteiger partial charge in [-0.25, -0.2) is 0 Å². The third-order valence-electron chi connectivity index (χ3n) is 2.03. The summed E-state index contributed by atoms with van der Waals surface area (Å²) >= 11 is 0. The quantitative estimate of drug-likeness (QED) is 0.670. The molecule has 0 heterocycles. The molecule has 0 saturated carbocycles. The molecule has 0 radical (unpaired) electrons. The van der Waals surface area contributed by atoms with Crippen molar-refractivity contribution in [3.05, 3.63) is 23.8 Å². The molecule has 1 aromatic carbocycles. The highest BCUT2D eigenvalue weighted by molar-refractivity contribution is 5.97. The first-order valence-electron chi connectivity index (χ1n) is 4.81. The summed E-state index contributed by atoms with van der Waals surface area (Å²) in [5, 5.41) is 21.1. The molecule has 16 heavy (non-hydrogen) atoms. The van der Waals surface area contributed by atoms with Gasteiger partial charge in [0.2, 0.25) is 0 Å². The summed E-state index contributed by atoms with van der Waals surface area (Å²) < 4.78 is 0. The van der Waals surface area contributed by atoms with E-state index in [0.717, 1.165) is 6.07 Å². The van der Waals surface area contributed by atoms with Crippen molar-refractivity contribution in [1.29, 1.82) is 0 Å². The second-order valence-electron chi connectivity index (χ2n) is 3.48. The van der Waals surface area contributed by atoms with Crippen molar-refractivity contribution in [2.75, 3.05) is 0 Å². The Labute approximate surface area is 93.9 Å². The molecule has 0 aliphatic carbocycles. The van der Waals surface area contributed by atoms with Crippen LogP contribution in [0.2, 0.25) is 0 Å². The fraction of sp³-hybridized carbons (Fsp3) is 0.250. The van der Waals surface area contributed by atoms with Crippen LogP contribution in [0, 0.1) is 12.3 Å². The molecule has 0 aliphatic heterocycles. The molecule has 0 aliphatic rings. The van der Waals surface area contributed by atoms with E-state index in [1.807, 2.05) is 0 Å². The number of aromatic hydroxyl groups is 2. The zero-order valence-corrected chi connectivity index (χ0v) is 8.90. The normalized spacial score (nSPS) is 11.5. The smallest absolute Gasteiger partial charge is 0.255 e. The number of nitrogens with one attached hydrogen (secondary N) is 1. The Balaban J connectivity index is 2.78. The van der Waals surface area contributed by atoms with Crippen LogP contribution in [0.3, 0.4) is 0 Å². The van der Waals surface area contributed by atoms with Crippen LogP contribution in [0.15, 0.2) is 18.2 Å². The molecule has 0 aromatic heterocycles. The Morgan fingerprint density at radius 1 is 1.56 bits per heavy atom. The van der Waals surface area contributed by atoms with Gasteiger partial charge in [-0.2, -0.15) is 0 Å². The Morgan fingerprint density at radius 3 is 2.81 bits per heavy atom. The lowest BCUT2D eigenvalue weighted by Gasteiger charge is -2.11. The zero-order chi connectivity index (χ0) is 12.1.